The summed E-state index contributed by atoms with van der Waals surface area (Å²) < 4.78 is 5.46. The van der Waals surface area contributed by atoms with E-state index in [1.165, 1.54) is 6.07 Å². The molecule has 0 spiro atoms. The first-order valence-corrected chi connectivity index (χ1v) is 5.71. The van der Waals surface area contributed by atoms with Crippen LogP contribution in [0.4, 0.5) is 11.4 Å². The summed E-state index contributed by atoms with van der Waals surface area (Å²) in [4.78, 5) is 10.3. The van der Waals surface area contributed by atoms with Crippen molar-refractivity contribution in [2.24, 2.45) is 0 Å². The highest BCUT2D eigenvalue weighted by Crippen LogP contribution is 2.25. The van der Waals surface area contributed by atoms with Crippen LogP contribution in [0, 0.1) is 17.0 Å². The third-order valence-corrected chi connectivity index (χ3v) is 3.15. The lowest BCUT2D eigenvalue weighted by Crippen LogP contribution is -2.27. The van der Waals surface area contributed by atoms with E-state index in [1.54, 1.807) is 12.1 Å². The minimum atomic E-state index is -0.376. The predicted octanol–water partition coefficient (Wildman–Crippen LogP) is 2.49. The molecule has 5 heteroatoms. The van der Waals surface area contributed by atoms with Crippen LogP contribution < -0.4 is 5.32 Å². The zero-order chi connectivity index (χ0) is 12.4. The second kappa shape index (κ2) is 4.71. The van der Waals surface area contributed by atoms with Crippen molar-refractivity contribution in [3.63, 3.8) is 0 Å². The molecule has 1 aromatic carbocycles. The first kappa shape index (κ1) is 11.9. The Morgan fingerprint density at radius 3 is 2.88 bits per heavy atom. The lowest BCUT2D eigenvalue weighted by atomic mass is 10.1. The van der Waals surface area contributed by atoms with Gasteiger partial charge in [0.25, 0.3) is 5.69 Å². The maximum Gasteiger partial charge on any atom is 0.271 e. The van der Waals surface area contributed by atoms with Gasteiger partial charge in [-0.15, -0.1) is 0 Å². The van der Waals surface area contributed by atoms with Gasteiger partial charge in [-0.2, -0.15) is 0 Å². The van der Waals surface area contributed by atoms with Crippen LogP contribution in [0.3, 0.4) is 0 Å². The van der Waals surface area contributed by atoms with E-state index in [0.717, 1.165) is 24.3 Å². The fourth-order valence-electron chi connectivity index (χ4n) is 2.00. The summed E-state index contributed by atoms with van der Waals surface area (Å²) in [6.45, 7) is 4.69. The fourth-order valence-corrected chi connectivity index (χ4v) is 2.00. The van der Waals surface area contributed by atoms with Gasteiger partial charge in [0.2, 0.25) is 0 Å². The highest BCUT2D eigenvalue weighted by molar-refractivity contribution is 5.57. The minimum absolute atomic E-state index is 0.115. The Morgan fingerprint density at radius 1 is 1.53 bits per heavy atom. The predicted molar refractivity (Wildman–Crippen MR) is 65.3 cm³/mol. The Kier molecular flexibility index (Phi) is 3.28. The molecule has 17 heavy (non-hydrogen) atoms. The molecule has 2 atom stereocenters. The molecule has 0 bridgehead atoms. The van der Waals surface area contributed by atoms with Gasteiger partial charge >= 0.3 is 0 Å². The van der Waals surface area contributed by atoms with Gasteiger partial charge in [-0.25, -0.2) is 0 Å². The number of non-ortho nitro benzene ring substituents is 1. The van der Waals surface area contributed by atoms with Gasteiger partial charge in [0.15, 0.2) is 0 Å². The Morgan fingerprint density at radius 2 is 2.29 bits per heavy atom. The van der Waals surface area contributed by atoms with Gasteiger partial charge in [0, 0.05) is 24.4 Å². The zero-order valence-corrected chi connectivity index (χ0v) is 9.97. The molecular weight excluding hydrogens is 220 g/mol. The third-order valence-electron chi connectivity index (χ3n) is 3.15. The molecule has 0 aliphatic carbocycles. The second-order valence-corrected chi connectivity index (χ2v) is 4.37. The summed E-state index contributed by atoms with van der Waals surface area (Å²) in [7, 11) is 0. The largest absolute Gasteiger partial charge is 0.379 e. The molecule has 92 valence electrons. The second-order valence-electron chi connectivity index (χ2n) is 4.37. The van der Waals surface area contributed by atoms with Crippen LogP contribution >= 0.6 is 0 Å². The normalized spacial score (nSPS) is 23.6. The molecule has 5 nitrogen and oxygen atoms in total. The van der Waals surface area contributed by atoms with E-state index in [-0.39, 0.29) is 22.8 Å². The maximum atomic E-state index is 10.7. The number of nitro groups is 1. The van der Waals surface area contributed by atoms with E-state index in [0.29, 0.717) is 0 Å². The quantitative estimate of drug-likeness (QED) is 0.647. The molecule has 1 aliphatic rings. The number of hydrogen-bond acceptors (Lipinski definition) is 4. The molecular formula is C12H16N2O3. The molecule has 1 fully saturated rings. The number of benzene rings is 1. The van der Waals surface area contributed by atoms with E-state index >= 15 is 0 Å². The first-order valence-electron chi connectivity index (χ1n) is 5.71. The number of nitrogens with zero attached hydrogens (tertiary/aromatic N) is 1. The van der Waals surface area contributed by atoms with Crippen LogP contribution in [0.25, 0.3) is 0 Å². The van der Waals surface area contributed by atoms with Crippen LogP contribution in [0.15, 0.2) is 18.2 Å². The van der Waals surface area contributed by atoms with Gasteiger partial charge in [0.05, 0.1) is 17.1 Å². The fraction of sp³-hybridized carbons (Fsp3) is 0.500. The number of rotatable bonds is 3. The smallest absolute Gasteiger partial charge is 0.271 e. The summed E-state index contributed by atoms with van der Waals surface area (Å²) in [5.41, 5.74) is 1.95. The van der Waals surface area contributed by atoms with E-state index in [1.807, 2.05) is 13.8 Å². The molecule has 1 N–H and O–H groups in total. The summed E-state index contributed by atoms with van der Waals surface area (Å²) >= 11 is 0. The standard InChI is InChI=1S/C12H16N2O3/c1-8-3-4-10(14(15)16)7-12(8)13-11-5-6-17-9(11)2/h3-4,7,9,11,13H,5-6H2,1-2H3. The number of nitrogens with one attached hydrogen (secondary N) is 1. The molecule has 1 heterocycles. The van der Waals surface area contributed by atoms with Crippen molar-refractivity contribution >= 4 is 11.4 Å². The zero-order valence-electron chi connectivity index (χ0n) is 9.97. The molecule has 2 unspecified atom stereocenters. The number of ether oxygens (including phenoxy) is 1. The van der Waals surface area contributed by atoms with Crippen molar-refractivity contribution in [1.29, 1.82) is 0 Å². The Labute approximate surface area is 99.9 Å². The topological polar surface area (TPSA) is 64.4 Å². The van der Waals surface area contributed by atoms with Crippen molar-refractivity contribution in [2.75, 3.05) is 11.9 Å². The first-order chi connectivity index (χ1) is 8.08. The van der Waals surface area contributed by atoms with E-state index in [4.69, 9.17) is 4.74 Å². The number of aryl methyl sites for hydroxylation is 1. The third kappa shape index (κ3) is 2.55. The minimum Gasteiger partial charge on any atom is -0.379 e. The lowest BCUT2D eigenvalue weighted by molar-refractivity contribution is -0.384. The van der Waals surface area contributed by atoms with Gasteiger partial charge < -0.3 is 10.1 Å². The molecule has 1 aliphatic heterocycles. The van der Waals surface area contributed by atoms with Crippen molar-refractivity contribution in [3.05, 3.63) is 33.9 Å². The van der Waals surface area contributed by atoms with Crippen LogP contribution in [0.1, 0.15) is 18.9 Å². The van der Waals surface area contributed by atoms with Gasteiger partial charge in [0.1, 0.15) is 0 Å². The number of hydrogen-bond donors (Lipinski definition) is 1. The summed E-state index contributed by atoms with van der Waals surface area (Å²) in [6, 6.07) is 5.10. The van der Waals surface area contributed by atoms with E-state index in [9.17, 15) is 10.1 Å². The highest BCUT2D eigenvalue weighted by Gasteiger charge is 2.24. The van der Waals surface area contributed by atoms with Crippen LogP contribution in [-0.2, 0) is 4.74 Å². The van der Waals surface area contributed by atoms with Crippen molar-refractivity contribution in [3.8, 4) is 0 Å². The molecule has 0 amide bonds. The number of anilines is 1. The van der Waals surface area contributed by atoms with Crippen LogP contribution in [0.2, 0.25) is 0 Å². The molecule has 0 radical (unpaired) electrons. The molecule has 0 saturated carbocycles. The van der Waals surface area contributed by atoms with Crippen molar-refractivity contribution < 1.29 is 9.66 Å². The molecule has 1 aromatic rings. The average Bonchev–Trinajstić information content (AvgIpc) is 2.67. The highest BCUT2D eigenvalue weighted by atomic mass is 16.6. The Hall–Kier alpha value is -1.62. The number of nitro benzene ring substituents is 1. The van der Waals surface area contributed by atoms with E-state index in [2.05, 4.69) is 5.32 Å². The van der Waals surface area contributed by atoms with Gasteiger partial charge in [-0.3, -0.25) is 10.1 Å². The van der Waals surface area contributed by atoms with Crippen LogP contribution in [-0.4, -0.2) is 23.7 Å². The Balaban J connectivity index is 2.19. The maximum absolute atomic E-state index is 10.7. The SMILES string of the molecule is Cc1ccc([N+](=O)[O-])cc1NC1CCOC1C. The van der Waals surface area contributed by atoms with Gasteiger partial charge in [-0.05, 0) is 25.8 Å². The van der Waals surface area contributed by atoms with E-state index < -0.39 is 0 Å². The molecule has 1 saturated heterocycles. The average molecular weight is 236 g/mol. The molecule has 0 aromatic heterocycles. The van der Waals surface area contributed by atoms with Crippen molar-refractivity contribution in [1.82, 2.24) is 0 Å². The summed E-state index contributed by atoms with van der Waals surface area (Å²) in [6.07, 6.45) is 1.08. The van der Waals surface area contributed by atoms with Crippen LogP contribution in [0.5, 0.6) is 0 Å². The molecule has 2 rings (SSSR count). The van der Waals surface area contributed by atoms with Gasteiger partial charge in [-0.1, -0.05) is 6.07 Å². The van der Waals surface area contributed by atoms with Crippen molar-refractivity contribution in [2.45, 2.75) is 32.4 Å². The monoisotopic (exact) mass is 236 g/mol. The summed E-state index contributed by atoms with van der Waals surface area (Å²) in [5, 5.41) is 14.0. The Bertz CT molecular complexity index is 434. The lowest BCUT2D eigenvalue weighted by Gasteiger charge is -2.18. The summed E-state index contributed by atoms with van der Waals surface area (Å²) in [5.74, 6) is 0.